The number of halogens is 3. The van der Waals surface area contributed by atoms with E-state index in [2.05, 4.69) is 10.6 Å². The number of amides is 2. The Labute approximate surface area is 162 Å². The lowest BCUT2D eigenvalue weighted by Crippen LogP contribution is -2.49. The number of rotatable bonds is 6. The molecule has 2 aromatic rings. The predicted molar refractivity (Wildman–Crippen MR) is 101 cm³/mol. The van der Waals surface area contributed by atoms with Crippen LogP contribution in [0, 0.1) is 12.8 Å². The largest absolute Gasteiger partial charge is 0.416 e. The van der Waals surface area contributed by atoms with Crippen LogP contribution >= 0.6 is 0 Å². The molecule has 2 rings (SSSR count). The lowest BCUT2D eigenvalue weighted by atomic mass is 10.0. The molecule has 0 aliphatic heterocycles. The van der Waals surface area contributed by atoms with Gasteiger partial charge in [0.1, 0.15) is 6.04 Å². The molecule has 0 bridgehead atoms. The van der Waals surface area contributed by atoms with Crippen molar-refractivity contribution in [3.8, 4) is 0 Å². The fourth-order valence-corrected chi connectivity index (χ4v) is 2.58. The average Bonchev–Trinajstić information content (AvgIpc) is 2.64. The van der Waals surface area contributed by atoms with E-state index in [9.17, 15) is 22.8 Å². The summed E-state index contributed by atoms with van der Waals surface area (Å²) in [7, 11) is 0. The van der Waals surface area contributed by atoms with Crippen molar-refractivity contribution in [2.45, 2.75) is 39.5 Å². The molecule has 2 amide bonds. The van der Waals surface area contributed by atoms with E-state index in [1.165, 1.54) is 12.1 Å². The molecular weight excluding hydrogens is 369 g/mol. The Balaban J connectivity index is 1.99. The quantitative estimate of drug-likeness (QED) is 0.778. The first-order valence-electron chi connectivity index (χ1n) is 8.89. The Kier molecular flexibility index (Phi) is 6.83. The standard InChI is InChI=1S/C21H23F3N2O2/c1-13(2)18(26-19(27)16-8-4-14(3)5-9-16)20(28)25-12-15-6-10-17(11-7-15)21(22,23)24/h4-11,13,18H,12H2,1-3H3,(H,25,28)(H,26,27)/t18-/m0/s1. The van der Waals surface area contributed by atoms with Crippen molar-refractivity contribution in [1.82, 2.24) is 10.6 Å². The highest BCUT2D eigenvalue weighted by molar-refractivity contribution is 5.97. The molecule has 2 aromatic carbocycles. The summed E-state index contributed by atoms with van der Waals surface area (Å²) in [6.07, 6.45) is -4.40. The molecule has 0 unspecified atom stereocenters. The van der Waals surface area contributed by atoms with Gasteiger partial charge < -0.3 is 10.6 Å². The second-order valence-corrected chi connectivity index (χ2v) is 6.97. The summed E-state index contributed by atoms with van der Waals surface area (Å²) in [6.45, 7) is 5.59. The molecule has 0 fully saturated rings. The van der Waals surface area contributed by atoms with Crippen LogP contribution in [-0.4, -0.2) is 17.9 Å². The number of benzene rings is 2. The molecule has 0 aliphatic rings. The van der Waals surface area contributed by atoms with Crippen LogP contribution in [0.2, 0.25) is 0 Å². The van der Waals surface area contributed by atoms with Crippen molar-refractivity contribution >= 4 is 11.8 Å². The van der Waals surface area contributed by atoms with E-state index in [1.807, 2.05) is 19.1 Å². The number of hydrogen-bond acceptors (Lipinski definition) is 2. The lowest BCUT2D eigenvalue weighted by Gasteiger charge is -2.22. The zero-order valence-corrected chi connectivity index (χ0v) is 15.9. The molecule has 150 valence electrons. The minimum Gasteiger partial charge on any atom is -0.350 e. The van der Waals surface area contributed by atoms with Gasteiger partial charge >= 0.3 is 6.18 Å². The number of hydrogen-bond donors (Lipinski definition) is 2. The predicted octanol–water partition coefficient (Wildman–Crippen LogP) is 4.08. The number of carbonyl (C=O) groups is 2. The van der Waals surface area contributed by atoms with Crippen LogP contribution in [0.4, 0.5) is 13.2 Å². The van der Waals surface area contributed by atoms with Crippen LogP contribution < -0.4 is 10.6 Å². The van der Waals surface area contributed by atoms with Gasteiger partial charge in [-0.25, -0.2) is 0 Å². The fraction of sp³-hybridized carbons (Fsp3) is 0.333. The average molecular weight is 392 g/mol. The molecule has 0 heterocycles. The second kappa shape index (κ2) is 8.91. The van der Waals surface area contributed by atoms with Gasteiger partial charge in [0.15, 0.2) is 0 Å². The van der Waals surface area contributed by atoms with Gasteiger partial charge in [-0.15, -0.1) is 0 Å². The van der Waals surface area contributed by atoms with Gasteiger partial charge in [-0.2, -0.15) is 13.2 Å². The summed E-state index contributed by atoms with van der Waals surface area (Å²) in [5.41, 5.74) is 1.26. The van der Waals surface area contributed by atoms with Gasteiger partial charge in [0.25, 0.3) is 5.91 Å². The molecule has 0 saturated heterocycles. The topological polar surface area (TPSA) is 58.2 Å². The van der Waals surface area contributed by atoms with Gasteiger partial charge in [0.2, 0.25) is 5.91 Å². The van der Waals surface area contributed by atoms with Crippen LogP contribution in [-0.2, 0) is 17.5 Å². The van der Waals surface area contributed by atoms with E-state index in [4.69, 9.17) is 0 Å². The zero-order chi connectivity index (χ0) is 20.9. The highest BCUT2D eigenvalue weighted by atomic mass is 19.4. The Morgan fingerprint density at radius 3 is 2.04 bits per heavy atom. The highest BCUT2D eigenvalue weighted by Crippen LogP contribution is 2.29. The lowest BCUT2D eigenvalue weighted by molar-refractivity contribution is -0.137. The van der Waals surface area contributed by atoms with Gasteiger partial charge in [0.05, 0.1) is 5.56 Å². The van der Waals surface area contributed by atoms with Crippen LogP contribution in [0.1, 0.15) is 40.9 Å². The second-order valence-electron chi connectivity index (χ2n) is 6.97. The van der Waals surface area contributed by atoms with E-state index >= 15 is 0 Å². The number of alkyl halides is 3. The third-order valence-electron chi connectivity index (χ3n) is 4.30. The molecule has 4 nitrogen and oxygen atoms in total. The molecule has 28 heavy (non-hydrogen) atoms. The summed E-state index contributed by atoms with van der Waals surface area (Å²) in [6, 6.07) is 10.8. The summed E-state index contributed by atoms with van der Waals surface area (Å²) < 4.78 is 37.8. The Hall–Kier alpha value is -2.83. The van der Waals surface area contributed by atoms with Gasteiger partial charge in [0, 0.05) is 12.1 Å². The Morgan fingerprint density at radius 1 is 0.964 bits per heavy atom. The molecule has 0 saturated carbocycles. The number of carbonyl (C=O) groups excluding carboxylic acids is 2. The molecule has 7 heteroatoms. The maximum absolute atomic E-state index is 12.6. The van der Waals surface area contributed by atoms with Crippen LogP contribution in [0.3, 0.4) is 0 Å². The van der Waals surface area contributed by atoms with Crippen LogP contribution in [0.5, 0.6) is 0 Å². The van der Waals surface area contributed by atoms with Crippen LogP contribution in [0.15, 0.2) is 48.5 Å². The molecule has 1 atom stereocenters. The minimum absolute atomic E-state index is 0.0700. The third kappa shape index (κ3) is 5.84. The minimum atomic E-state index is -4.40. The molecular formula is C21H23F3N2O2. The van der Waals surface area contributed by atoms with Gasteiger partial charge in [-0.1, -0.05) is 43.7 Å². The highest BCUT2D eigenvalue weighted by Gasteiger charge is 2.30. The number of nitrogens with one attached hydrogen (secondary N) is 2. The monoisotopic (exact) mass is 392 g/mol. The summed E-state index contributed by atoms with van der Waals surface area (Å²) in [5.74, 6) is -0.916. The molecule has 2 N–H and O–H groups in total. The van der Waals surface area contributed by atoms with Crippen molar-refractivity contribution in [3.05, 3.63) is 70.8 Å². The first-order valence-corrected chi connectivity index (χ1v) is 8.89. The maximum Gasteiger partial charge on any atom is 0.416 e. The van der Waals surface area contributed by atoms with E-state index in [0.717, 1.165) is 17.7 Å². The summed E-state index contributed by atoms with van der Waals surface area (Å²) in [4.78, 5) is 24.9. The smallest absolute Gasteiger partial charge is 0.350 e. The SMILES string of the molecule is Cc1ccc(C(=O)N[C@H](C(=O)NCc2ccc(C(F)(F)F)cc2)C(C)C)cc1. The molecule has 0 spiro atoms. The molecule has 0 aromatic heterocycles. The Bertz CT molecular complexity index is 813. The van der Waals surface area contributed by atoms with Crippen molar-refractivity contribution in [2.75, 3.05) is 0 Å². The van der Waals surface area contributed by atoms with Crippen LogP contribution in [0.25, 0.3) is 0 Å². The Morgan fingerprint density at radius 2 is 1.54 bits per heavy atom. The normalized spacial score (nSPS) is 12.5. The maximum atomic E-state index is 12.6. The molecule has 0 aliphatic carbocycles. The van der Waals surface area contributed by atoms with Gasteiger partial charge in [-0.05, 0) is 42.7 Å². The summed E-state index contributed by atoms with van der Waals surface area (Å²) in [5, 5.41) is 5.39. The van der Waals surface area contributed by atoms with Crippen molar-refractivity contribution in [3.63, 3.8) is 0 Å². The number of aryl methyl sites for hydroxylation is 1. The first kappa shape index (κ1) is 21.5. The van der Waals surface area contributed by atoms with Crippen molar-refractivity contribution in [1.29, 1.82) is 0 Å². The van der Waals surface area contributed by atoms with E-state index in [0.29, 0.717) is 11.1 Å². The van der Waals surface area contributed by atoms with E-state index in [1.54, 1.807) is 26.0 Å². The van der Waals surface area contributed by atoms with E-state index < -0.39 is 23.7 Å². The zero-order valence-electron chi connectivity index (χ0n) is 15.9. The van der Waals surface area contributed by atoms with Crippen molar-refractivity contribution < 1.29 is 22.8 Å². The van der Waals surface area contributed by atoms with Crippen molar-refractivity contribution in [2.24, 2.45) is 5.92 Å². The fourth-order valence-electron chi connectivity index (χ4n) is 2.58. The first-order chi connectivity index (χ1) is 13.1. The molecule has 0 radical (unpaired) electrons. The van der Waals surface area contributed by atoms with Gasteiger partial charge in [-0.3, -0.25) is 9.59 Å². The third-order valence-corrected chi connectivity index (χ3v) is 4.30. The summed E-state index contributed by atoms with van der Waals surface area (Å²) >= 11 is 0. The van der Waals surface area contributed by atoms with E-state index in [-0.39, 0.29) is 18.4 Å².